The first-order valence-electron chi connectivity index (χ1n) is 8.68. The Hall–Kier alpha value is -3.00. The van der Waals surface area contributed by atoms with Crippen LogP contribution in [0.3, 0.4) is 0 Å². The molecule has 1 saturated heterocycles. The van der Waals surface area contributed by atoms with Gasteiger partial charge in [0.2, 0.25) is 0 Å². The average Bonchev–Trinajstić information content (AvgIpc) is 2.96. The highest BCUT2D eigenvalue weighted by atomic mass is 32.2. The summed E-state index contributed by atoms with van der Waals surface area (Å²) in [6.45, 7) is 2.02. The Morgan fingerprint density at radius 2 is 1.96 bits per heavy atom. The largest absolute Gasteiger partial charge is 0.497 e. The number of rotatable bonds is 7. The number of benzene rings is 2. The van der Waals surface area contributed by atoms with E-state index in [9.17, 15) is 14.4 Å². The van der Waals surface area contributed by atoms with E-state index < -0.39 is 11.6 Å². The third-order valence-electron chi connectivity index (χ3n) is 4.35. The first kappa shape index (κ1) is 19.8. The standard InChI is InChI=1S/C20H21N3O4S/c1-20(18(25)22-19(26)23-20)12-28-16-9-4-3-8-15(16)17(24)21-11-13-6-5-7-14(10-13)27-2/h3-10H,11-12H2,1-2H3,(H,21,24)(H2,22,23,25,26)/t20-/m0/s1. The second-order valence-electron chi connectivity index (χ2n) is 6.56. The van der Waals surface area contributed by atoms with Gasteiger partial charge in [0, 0.05) is 17.2 Å². The number of amides is 4. The Labute approximate surface area is 167 Å². The number of carbonyl (C=O) groups excluding carboxylic acids is 3. The molecule has 146 valence electrons. The van der Waals surface area contributed by atoms with E-state index in [4.69, 9.17) is 4.74 Å². The van der Waals surface area contributed by atoms with E-state index in [-0.39, 0.29) is 11.8 Å². The summed E-state index contributed by atoms with van der Waals surface area (Å²) >= 11 is 1.35. The molecule has 0 saturated carbocycles. The van der Waals surface area contributed by atoms with Crippen molar-refractivity contribution in [3.63, 3.8) is 0 Å². The maximum Gasteiger partial charge on any atom is 0.322 e. The molecule has 4 amide bonds. The van der Waals surface area contributed by atoms with Gasteiger partial charge in [0.1, 0.15) is 11.3 Å². The predicted octanol–water partition coefficient (Wildman–Crippen LogP) is 2.32. The summed E-state index contributed by atoms with van der Waals surface area (Å²) in [4.78, 5) is 36.8. The number of hydrogen-bond acceptors (Lipinski definition) is 5. The number of methoxy groups -OCH3 is 1. The third kappa shape index (κ3) is 4.45. The zero-order valence-electron chi connectivity index (χ0n) is 15.6. The first-order valence-corrected chi connectivity index (χ1v) is 9.66. The van der Waals surface area contributed by atoms with Crippen molar-refractivity contribution >= 4 is 29.6 Å². The number of ether oxygens (including phenoxy) is 1. The Balaban J connectivity index is 1.66. The van der Waals surface area contributed by atoms with Crippen LogP contribution in [0.5, 0.6) is 5.75 Å². The quantitative estimate of drug-likeness (QED) is 0.490. The third-order valence-corrected chi connectivity index (χ3v) is 5.74. The molecule has 1 heterocycles. The van der Waals surface area contributed by atoms with Gasteiger partial charge in [-0.3, -0.25) is 14.9 Å². The molecule has 0 bridgehead atoms. The Morgan fingerprint density at radius 1 is 1.18 bits per heavy atom. The van der Waals surface area contributed by atoms with E-state index in [2.05, 4.69) is 16.0 Å². The van der Waals surface area contributed by atoms with Crippen molar-refractivity contribution in [2.24, 2.45) is 0 Å². The Morgan fingerprint density at radius 3 is 2.68 bits per heavy atom. The number of thioether (sulfide) groups is 1. The van der Waals surface area contributed by atoms with E-state index >= 15 is 0 Å². The van der Waals surface area contributed by atoms with Gasteiger partial charge in [0.05, 0.1) is 12.7 Å². The molecule has 28 heavy (non-hydrogen) atoms. The van der Waals surface area contributed by atoms with Crippen molar-refractivity contribution in [2.75, 3.05) is 12.9 Å². The van der Waals surface area contributed by atoms with Crippen LogP contribution in [0.25, 0.3) is 0 Å². The molecular weight excluding hydrogens is 378 g/mol. The van der Waals surface area contributed by atoms with Crippen LogP contribution in [0, 0.1) is 0 Å². The topological polar surface area (TPSA) is 96.5 Å². The van der Waals surface area contributed by atoms with Crippen molar-refractivity contribution in [1.82, 2.24) is 16.0 Å². The maximum absolute atomic E-state index is 12.7. The van der Waals surface area contributed by atoms with Crippen LogP contribution in [0.4, 0.5) is 4.79 Å². The molecule has 0 unspecified atom stereocenters. The number of hydrogen-bond donors (Lipinski definition) is 3. The molecule has 7 nitrogen and oxygen atoms in total. The summed E-state index contributed by atoms with van der Waals surface area (Å²) < 4.78 is 5.19. The van der Waals surface area contributed by atoms with Crippen LogP contribution < -0.4 is 20.7 Å². The zero-order chi connectivity index (χ0) is 20.1. The van der Waals surface area contributed by atoms with E-state index in [0.29, 0.717) is 17.9 Å². The van der Waals surface area contributed by atoms with Gasteiger partial charge in [-0.05, 0) is 36.8 Å². The van der Waals surface area contributed by atoms with Crippen LogP contribution in [0.2, 0.25) is 0 Å². The molecule has 2 aromatic rings. The molecule has 8 heteroatoms. The fourth-order valence-corrected chi connectivity index (χ4v) is 3.88. The van der Waals surface area contributed by atoms with Gasteiger partial charge in [-0.1, -0.05) is 24.3 Å². The van der Waals surface area contributed by atoms with E-state index in [1.807, 2.05) is 36.4 Å². The Bertz CT molecular complexity index is 918. The predicted molar refractivity (Wildman–Crippen MR) is 106 cm³/mol. The molecule has 3 rings (SSSR count). The van der Waals surface area contributed by atoms with Crippen molar-refractivity contribution in [1.29, 1.82) is 0 Å². The molecule has 3 N–H and O–H groups in total. The van der Waals surface area contributed by atoms with E-state index in [0.717, 1.165) is 16.2 Å². The molecule has 0 aliphatic carbocycles. The summed E-state index contributed by atoms with van der Waals surface area (Å²) in [6, 6.07) is 14.2. The SMILES string of the molecule is COc1cccc(CNC(=O)c2ccccc2SC[C@]2(C)NC(=O)NC2=O)c1. The average molecular weight is 399 g/mol. The monoisotopic (exact) mass is 399 g/mol. The van der Waals surface area contributed by atoms with Gasteiger partial charge >= 0.3 is 6.03 Å². The summed E-state index contributed by atoms with van der Waals surface area (Å²) in [5.41, 5.74) is 0.436. The van der Waals surface area contributed by atoms with Crippen LogP contribution in [0.1, 0.15) is 22.8 Å². The molecule has 2 aromatic carbocycles. The molecule has 0 aromatic heterocycles. The minimum Gasteiger partial charge on any atom is -0.497 e. The molecule has 1 atom stereocenters. The van der Waals surface area contributed by atoms with Crippen LogP contribution >= 0.6 is 11.8 Å². The Kier molecular flexibility index (Phi) is 5.89. The van der Waals surface area contributed by atoms with E-state index in [1.54, 1.807) is 26.2 Å². The fourth-order valence-electron chi connectivity index (χ4n) is 2.74. The van der Waals surface area contributed by atoms with Crippen LogP contribution in [-0.4, -0.2) is 36.2 Å². The fraction of sp³-hybridized carbons (Fsp3) is 0.250. The summed E-state index contributed by atoms with van der Waals surface area (Å²) in [6.07, 6.45) is 0. The van der Waals surface area contributed by atoms with Crippen molar-refractivity contribution in [3.05, 3.63) is 59.7 Å². The second-order valence-corrected chi connectivity index (χ2v) is 7.58. The lowest BCUT2D eigenvalue weighted by atomic mass is 10.1. The number of nitrogens with one attached hydrogen (secondary N) is 3. The van der Waals surface area contributed by atoms with Crippen LogP contribution in [-0.2, 0) is 11.3 Å². The van der Waals surface area contributed by atoms with Gasteiger partial charge in [0.15, 0.2) is 0 Å². The van der Waals surface area contributed by atoms with Crippen molar-refractivity contribution in [2.45, 2.75) is 23.9 Å². The van der Waals surface area contributed by atoms with Gasteiger partial charge in [-0.15, -0.1) is 11.8 Å². The maximum atomic E-state index is 12.7. The summed E-state index contributed by atoms with van der Waals surface area (Å²) in [5.74, 6) is 0.457. The van der Waals surface area contributed by atoms with Gasteiger partial charge in [-0.2, -0.15) is 0 Å². The highest BCUT2D eigenvalue weighted by molar-refractivity contribution is 7.99. The number of imide groups is 1. The zero-order valence-corrected chi connectivity index (χ0v) is 16.4. The lowest BCUT2D eigenvalue weighted by molar-refractivity contribution is -0.122. The lowest BCUT2D eigenvalue weighted by Crippen LogP contribution is -2.46. The normalized spacial score (nSPS) is 18.4. The summed E-state index contributed by atoms with van der Waals surface area (Å²) in [7, 11) is 1.60. The molecule has 1 aliphatic heterocycles. The lowest BCUT2D eigenvalue weighted by Gasteiger charge is -2.20. The number of carbonyl (C=O) groups is 3. The minimum atomic E-state index is -1.01. The van der Waals surface area contributed by atoms with Crippen molar-refractivity contribution < 1.29 is 19.1 Å². The van der Waals surface area contributed by atoms with Crippen molar-refractivity contribution in [3.8, 4) is 5.75 Å². The highest BCUT2D eigenvalue weighted by Gasteiger charge is 2.41. The first-order chi connectivity index (χ1) is 13.4. The molecule has 0 spiro atoms. The summed E-state index contributed by atoms with van der Waals surface area (Å²) in [5, 5.41) is 7.76. The molecule has 0 radical (unpaired) electrons. The molecular formula is C20H21N3O4S. The highest BCUT2D eigenvalue weighted by Crippen LogP contribution is 2.27. The van der Waals surface area contributed by atoms with E-state index in [1.165, 1.54) is 11.8 Å². The van der Waals surface area contributed by atoms with Gasteiger partial charge in [-0.25, -0.2) is 4.79 Å². The van der Waals surface area contributed by atoms with Gasteiger partial charge < -0.3 is 15.4 Å². The molecule has 1 aliphatic rings. The second kappa shape index (κ2) is 8.35. The number of urea groups is 1. The molecule has 1 fully saturated rings. The minimum absolute atomic E-state index is 0.212. The van der Waals surface area contributed by atoms with Gasteiger partial charge in [0.25, 0.3) is 11.8 Å². The smallest absolute Gasteiger partial charge is 0.322 e. The van der Waals surface area contributed by atoms with Crippen LogP contribution in [0.15, 0.2) is 53.4 Å².